The summed E-state index contributed by atoms with van der Waals surface area (Å²) in [7, 11) is 4.18. The lowest BCUT2D eigenvalue weighted by Gasteiger charge is -2.16. The lowest BCUT2D eigenvalue weighted by Crippen LogP contribution is -2.21. The third-order valence-electron chi connectivity index (χ3n) is 3.99. The molecule has 0 heterocycles. The minimum absolute atomic E-state index is 0.464. The zero-order valence-corrected chi connectivity index (χ0v) is 18.6. The highest BCUT2D eigenvalue weighted by Gasteiger charge is 2.11. The Morgan fingerprint density at radius 2 is 1.78 bits per heavy atom. The number of rotatable bonds is 11. The highest BCUT2D eigenvalue weighted by molar-refractivity contribution is 9.10. The van der Waals surface area contributed by atoms with Gasteiger partial charge in [-0.15, -0.1) is 0 Å². The van der Waals surface area contributed by atoms with Crippen LogP contribution in [-0.4, -0.2) is 38.7 Å². The maximum absolute atomic E-state index is 6.00. The van der Waals surface area contributed by atoms with Crippen LogP contribution in [0.2, 0.25) is 5.02 Å². The smallest absolute Gasteiger partial charge is 0.162 e. The van der Waals surface area contributed by atoms with E-state index in [9.17, 15) is 0 Å². The summed E-state index contributed by atoms with van der Waals surface area (Å²) in [6, 6.07) is 11.7. The van der Waals surface area contributed by atoms with Crippen LogP contribution < -0.4 is 14.8 Å². The molecular formula is C21H28BrClN2O2. The van der Waals surface area contributed by atoms with Gasteiger partial charge in [-0.2, -0.15) is 0 Å². The van der Waals surface area contributed by atoms with Crippen molar-refractivity contribution in [2.24, 2.45) is 0 Å². The Hall–Kier alpha value is -1.27. The Morgan fingerprint density at radius 1 is 1.07 bits per heavy atom. The summed E-state index contributed by atoms with van der Waals surface area (Å²) in [5.41, 5.74) is 2.21. The standard InChI is InChI=1S/C21H28BrClN2O2/c1-4-26-20-12-17(14-24-10-5-11-25(2)3)19(22)13-21(20)27-15-16-6-8-18(23)9-7-16/h6-9,12-13,24H,4-5,10-11,14-15H2,1-3H3. The van der Waals surface area contributed by atoms with Gasteiger partial charge in [-0.1, -0.05) is 39.7 Å². The zero-order valence-electron chi connectivity index (χ0n) is 16.2. The van der Waals surface area contributed by atoms with E-state index in [0.29, 0.717) is 13.2 Å². The highest BCUT2D eigenvalue weighted by Crippen LogP contribution is 2.34. The van der Waals surface area contributed by atoms with Gasteiger partial charge < -0.3 is 19.7 Å². The second kappa shape index (κ2) is 11.5. The zero-order chi connectivity index (χ0) is 19.6. The predicted octanol–water partition coefficient (Wildman–Crippen LogP) is 5.12. The summed E-state index contributed by atoms with van der Waals surface area (Å²) < 4.78 is 12.8. The topological polar surface area (TPSA) is 33.7 Å². The Morgan fingerprint density at radius 3 is 2.44 bits per heavy atom. The molecule has 0 amide bonds. The molecule has 0 atom stereocenters. The van der Waals surface area contributed by atoms with Crippen molar-refractivity contribution in [3.63, 3.8) is 0 Å². The monoisotopic (exact) mass is 454 g/mol. The van der Waals surface area contributed by atoms with Gasteiger partial charge in [0.15, 0.2) is 11.5 Å². The highest BCUT2D eigenvalue weighted by atomic mass is 79.9. The first-order valence-corrected chi connectivity index (χ1v) is 10.3. The fraction of sp³-hybridized carbons (Fsp3) is 0.429. The van der Waals surface area contributed by atoms with Crippen molar-refractivity contribution < 1.29 is 9.47 Å². The van der Waals surface area contributed by atoms with Crippen molar-refractivity contribution >= 4 is 27.5 Å². The number of nitrogens with one attached hydrogen (secondary N) is 1. The van der Waals surface area contributed by atoms with Gasteiger partial charge in [-0.3, -0.25) is 0 Å². The summed E-state index contributed by atoms with van der Waals surface area (Å²) in [5, 5.41) is 4.21. The van der Waals surface area contributed by atoms with E-state index in [-0.39, 0.29) is 0 Å². The van der Waals surface area contributed by atoms with Crippen molar-refractivity contribution in [2.75, 3.05) is 33.8 Å². The molecular weight excluding hydrogens is 428 g/mol. The average molecular weight is 456 g/mol. The van der Waals surface area contributed by atoms with Crippen LogP contribution in [0, 0.1) is 0 Å². The van der Waals surface area contributed by atoms with Crippen LogP contribution in [-0.2, 0) is 13.2 Å². The first-order valence-electron chi connectivity index (χ1n) is 9.17. The summed E-state index contributed by atoms with van der Waals surface area (Å²) in [4.78, 5) is 2.19. The van der Waals surface area contributed by atoms with E-state index in [1.165, 1.54) is 0 Å². The SMILES string of the molecule is CCOc1cc(CNCCCN(C)C)c(Br)cc1OCc1ccc(Cl)cc1. The van der Waals surface area contributed by atoms with E-state index < -0.39 is 0 Å². The third-order valence-corrected chi connectivity index (χ3v) is 4.98. The Balaban J connectivity index is 2.00. The molecule has 0 saturated carbocycles. The van der Waals surface area contributed by atoms with Gasteiger partial charge in [0.25, 0.3) is 0 Å². The van der Waals surface area contributed by atoms with Crippen LogP contribution >= 0.6 is 27.5 Å². The molecule has 148 valence electrons. The number of benzene rings is 2. The first-order chi connectivity index (χ1) is 13.0. The van der Waals surface area contributed by atoms with Gasteiger partial charge in [0.1, 0.15) is 6.61 Å². The van der Waals surface area contributed by atoms with E-state index in [1.807, 2.05) is 43.3 Å². The molecule has 0 aliphatic rings. The minimum atomic E-state index is 0.464. The van der Waals surface area contributed by atoms with Crippen molar-refractivity contribution in [1.82, 2.24) is 10.2 Å². The van der Waals surface area contributed by atoms with Gasteiger partial charge in [0.05, 0.1) is 6.61 Å². The predicted molar refractivity (Wildman–Crippen MR) is 116 cm³/mol. The summed E-state index contributed by atoms with van der Waals surface area (Å²) in [6.07, 6.45) is 1.12. The van der Waals surface area contributed by atoms with Crippen molar-refractivity contribution in [3.05, 3.63) is 57.0 Å². The van der Waals surface area contributed by atoms with Crippen molar-refractivity contribution in [2.45, 2.75) is 26.5 Å². The largest absolute Gasteiger partial charge is 0.490 e. The Kier molecular flexibility index (Phi) is 9.42. The van der Waals surface area contributed by atoms with Gasteiger partial charge >= 0.3 is 0 Å². The number of halogens is 2. The maximum atomic E-state index is 6.00. The van der Waals surface area contributed by atoms with Gasteiger partial charge in [-0.05, 0) is 75.9 Å². The minimum Gasteiger partial charge on any atom is -0.490 e. The van der Waals surface area contributed by atoms with Crippen molar-refractivity contribution in [1.29, 1.82) is 0 Å². The molecule has 2 aromatic carbocycles. The number of ether oxygens (including phenoxy) is 2. The summed E-state index contributed by atoms with van der Waals surface area (Å²) in [5.74, 6) is 1.50. The molecule has 1 N–H and O–H groups in total. The molecule has 0 fully saturated rings. The molecule has 0 aliphatic carbocycles. The van der Waals surface area contributed by atoms with E-state index in [2.05, 4.69) is 40.2 Å². The Bertz CT molecular complexity index is 708. The lowest BCUT2D eigenvalue weighted by molar-refractivity contribution is 0.269. The number of hydrogen-bond donors (Lipinski definition) is 1. The number of hydrogen-bond acceptors (Lipinski definition) is 4. The molecule has 2 aromatic rings. The average Bonchev–Trinajstić information content (AvgIpc) is 2.63. The summed E-state index contributed by atoms with van der Waals surface area (Å²) >= 11 is 9.59. The second-order valence-corrected chi connectivity index (χ2v) is 7.86. The van der Waals surface area contributed by atoms with Gasteiger partial charge in [-0.25, -0.2) is 0 Å². The first kappa shape index (κ1) is 22.0. The van der Waals surface area contributed by atoms with E-state index in [4.69, 9.17) is 21.1 Å². The lowest BCUT2D eigenvalue weighted by atomic mass is 10.2. The molecule has 0 unspecified atom stereocenters. The van der Waals surface area contributed by atoms with Crippen LogP contribution in [0.4, 0.5) is 0 Å². The van der Waals surface area contributed by atoms with Gasteiger partial charge in [0, 0.05) is 16.0 Å². The molecule has 4 nitrogen and oxygen atoms in total. The molecule has 0 saturated heterocycles. The Labute approximate surface area is 175 Å². The van der Waals surface area contributed by atoms with Crippen LogP contribution in [0.1, 0.15) is 24.5 Å². The molecule has 2 rings (SSSR count). The molecule has 6 heteroatoms. The van der Waals surface area contributed by atoms with Gasteiger partial charge in [0.2, 0.25) is 0 Å². The van der Waals surface area contributed by atoms with E-state index in [1.54, 1.807) is 0 Å². The van der Waals surface area contributed by atoms with Crippen LogP contribution in [0.25, 0.3) is 0 Å². The van der Waals surface area contributed by atoms with E-state index in [0.717, 1.165) is 58.2 Å². The van der Waals surface area contributed by atoms with E-state index >= 15 is 0 Å². The molecule has 0 spiro atoms. The fourth-order valence-electron chi connectivity index (χ4n) is 2.58. The van der Waals surface area contributed by atoms with Crippen LogP contribution in [0.15, 0.2) is 40.9 Å². The third kappa shape index (κ3) is 7.70. The van der Waals surface area contributed by atoms with Crippen LogP contribution in [0.5, 0.6) is 11.5 Å². The van der Waals surface area contributed by atoms with Crippen molar-refractivity contribution in [3.8, 4) is 11.5 Å². The normalized spacial score (nSPS) is 11.0. The quantitative estimate of drug-likeness (QED) is 0.477. The fourth-order valence-corrected chi connectivity index (χ4v) is 3.17. The summed E-state index contributed by atoms with van der Waals surface area (Å²) in [6.45, 7) is 5.87. The molecule has 0 bridgehead atoms. The van der Waals surface area contributed by atoms with Crippen LogP contribution in [0.3, 0.4) is 0 Å². The molecule has 27 heavy (non-hydrogen) atoms. The molecule has 0 aliphatic heterocycles. The molecule has 0 radical (unpaired) electrons. The maximum Gasteiger partial charge on any atom is 0.162 e. The second-order valence-electron chi connectivity index (χ2n) is 6.57. The molecule has 0 aromatic heterocycles. The number of nitrogens with zero attached hydrogens (tertiary/aromatic N) is 1.